The van der Waals surface area contributed by atoms with Gasteiger partial charge in [-0.05, 0) is 38.7 Å². The van der Waals surface area contributed by atoms with Crippen molar-refractivity contribution in [2.24, 2.45) is 11.7 Å². The summed E-state index contributed by atoms with van der Waals surface area (Å²) in [6, 6.07) is 2.55. The maximum absolute atomic E-state index is 6.57. The highest BCUT2D eigenvalue weighted by atomic mass is 15.3. The molecule has 96 valence electrons. The second-order valence-electron chi connectivity index (χ2n) is 5.94. The lowest BCUT2D eigenvalue weighted by atomic mass is 9.72. The Bertz CT molecular complexity index is 369. The highest BCUT2D eigenvalue weighted by Crippen LogP contribution is 2.33. The van der Waals surface area contributed by atoms with E-state index in [1.54, 1.807) is 0 Å². The van der Waals surface area contributed by atoms with Gasteiger partial charge >= 0.3 is 0 Å². The predicted molar refractivity (Wildman–Crippen MR) is 70.9 cm³/mol. The van der Waals surface area contributed by atoms with Gasteiger partial charge in [0.2, 0.25) is 0 Å². The molecule has 1 aromatic heterocycles. The third-order valence-electron chi connectivity index (χ3n) is 4.21. The van der Waals surface area contributed by atoms with Crippen molar-refractivity contribution in [3.63, 3.8) is 0 Å². The molecule has 2 rings (SSSR count). The van der Waals surface area contributed by atoms with Crippen LogP contribution in [-0.4, -0.2) is 15.3 Å². The third-order valence-corrected chi connectivity index (χ3v) is 4.21. The summed E-state index contributed by atoms with van der Waals surface area (Å²) in [4.78, 5) is 0. The molecular formula is C14H25N3. The van der Waals surface area contributed by atoms with E-state index in [9.17, 15) is 0 Å². The summed E-state index contributed by atoms with van der Waals surface area (Å²) in [5, 5.41) is 4.62. The first kappa shape index (κ1) is 12.6. The number of nitrogens with two attached hydrogens (primary N) is 1. The highest BCUT2D eigenvalue weighted by Gasteiger charge is 2.34. The Hall–Kier alpha value is -0.830. The zero-order valence-corrected chi connectivity index (χ0v) is 11.3. The van der Waals surface area contributed by atoms with Crippen LogP contribution in [0.2, 0.25) is 0 Å². The second-order valence-corrected chi connectivity index (χ2v) is 5.94. The van der Waals surface area contributed by atoms with E-state index in [0.717, 1.165) is 18.5 Å². The molecule has 0 radical (unpaired) electrons. The van der Waals surface area contributed by atoms with E-state index in [1.807, 2.05) is 4.68 Å². The van der Waals surface area contributed by atoms with Gasteiger partial charge in [-0.3, -0.25) is 4.68 Å². The zero-order valence-electron chi connectivity index (χ0n) is 11.3. The SMILES string of the molecule is CC(C)n1ccc(CC2(N)CCCCC2C)n1. The van der Waals surface area contributed by atoms with Gasteiger partial charge < -0.3 is 5.73 Å². The van der Waals surface area contributed by atoms with Crippen LogP contribution < -0.4 is 5.73 Å². The Balaban J connectivity index is 2.08. The van der Waals surface area contributed by atoms with Crippen molar-refractivity contribution in [3.8, 4) is 0 Å². The van der Waals surface area contributed by atoms with Gasteiger partial charge in [0.1, 0.15) is 0 Å². The lowest BCUT2D eigenvalue weighted by Crippen LogP contribution is -2.50. The van der Waals surface area contributed by atoms with E-state index in [2.05, 4.69) is 38.1 Å². The molecule has 0 spiro atoms. The highest BCUT2D eigenvalue weighted by molar-refractivity contribution is 5.08. The topological polar surface area (TPSA) is 43.8 Å². The van der Waals surface area contributed by atoms with Crippen LogP contribution in [0, 0.1) is 5.92 Å². The minimum absolute atomic E-state index is 0.0333. The molecule has 1 heterocycles. The summed E-state index contributed by atoms with van der Waals surface area (Å²) in [5.74, 6) is 0.612. The normalized spacial score (nSPS) is 29.8. The quantitative estimate of drug-likeness (QED) is 0.875. The summed E-state index contributed by atoms with van der Waals surface area (Å²) in [6.07, 6.45) is 8.00. The smallest absolute Gasteiger partial charge is 0.0643 e. The standard InChI is InChI=1S/C14H25N3/c1-11(2)17-9-7-13(16-17)10-14(15)8-5-4-6-12(14)3/h7,9,11-12H,4-6,8,10,15H2,1-3H3. The van der Waals surface area contributed by atoms with Crippen LogP contribution >= 0.6 is 0 Å². The molecule has 1 fully saturated rings. The van der Waals surface area contributed by atoms with Gasteiger partial charge in [-0.25, -0.2) is 0 Å². The average Bonchev–Trinajstić information content (AvgIpc) is 2.71. The first-order valence-electron chi connectivity index (χ1n) is 6.84. The van der Waals surface area contributed by atoms with Crippen molar-refractivity contribution in [3.05, 3.63) is 18.0 Å². The van der Waals surface area contributed by atoms with Gasteiger partial charge in [0.25, 0.3) is 0 Å². The summed E-state index contributed by atoms with van der Waals surface area (Å²) in [5.41, 5.74) is 7.69. The van der Waals surface area contributed by atoms with Gasteiger partial charge in [-0.2, -0.15) is 5.10 Å². The van der Waals surface area contributed by atoms with E-state index >= 15 is 0 Å². The van der Waals surface area contributed by atoms with Gasteiger partial charge in [0, 0.05) is 24.2 Å². The Morgan fingerprint density at radius 2 is 2.29 bits per heavy atom. The van der Waals surface area contributed by atoms with Crippen LogP contribution in [0.4, 0.5) is 0 Å². The van der Waals surface area contributed by atoms with Gasteiger partial charge in [0.15, 0.2) is 0 Å². The van der Waals surface area contributed by atoms with E-state index in [1.165, 1.54) is 19.3 Å². The Morgan fingerprint density at radius 3 is 2.88 bits per heavy atom. The predicted octanol–water partition coefficient (Wildman–Crippen LogP) is 2.91. The molecule has 2 N–H and O–H groups in total. The van der Waals surface area contributed by atoms with Crippen molar-refractivity contribution in [2.75, 3.05) is 0 Å². The lowest BCUT2D eigenvalue weighted by molar-refractivity contribution is 0.202. The molecule has 0 bridgehead atoms. The van der Waals surface area contributed by atoms with Crippen molar-refractivity contribution in [1.29, 1.82) is 0 Å². The van der Waals surface area contributed by atoms with Crippen LogP contribution in [-0.2, 0) is 6.42 Å². The van der Waals surface area contributed by atoms with Gasteiger partial charge in [0.05, 0.1) is 5.69 Å². The largest absolute Gasteiger partial charge is 0.325 e. The Labute approximate surface area is 104 Å². The molecule has 2 unspecified atom stereocenters. The molecule has 2 atom stereocenters. The second kappa shape index (κ2) is 4.81. The number of rotatable bonds is 3. The van der Waals surface area contributed by atoms with E-state index in [-0.39, 0.29) is 5.54 Å². The van der Waals surface area contributed by atoms with Gasteiger partial charge in [-0.15, -0.1) is 0 Å². The number of hydrogen-bond acceptors (Lipinski definition) is 2. The van der Waals surface area contributed by atoms with Crippen molar-refractivity contribution in [1.82, 2.24) is 9.78 Å². The Kier molecular flexibility index (Phi) is 3.57. The molecule has 1 saturated carbocycles. The lowest BCUT2D eigenvalue weighted by Gasteiger charge is -2.39. The molecule has 0 aromatic carbocycles. The molecule has 3 heteroatoms. The maximum atomic E-state index is 6.57. The van der Waals surface area contributed by atoms with Crippen molar-refractivity contribution in [2.45, 2.75) is 64.5 Å². The molecule has 0 aliphatic heterocycles. The molecule has 1 aromatic rings. The minimum Gasteiger partial charge on any atom is -0.325 e. The third kappa shape index (κ3) is 2.71. The molecule has 3 nitrogen and oxygen atoms in total. The maximum Gasteiger partial charge on any atom is 0.0643 e. The fourth-order valence-electron chi connectivity index (χ4n) is 2.80. The van der Waals surface area contributed by atoms with E-state index in [4.69, 9.17) is 5.73 Å². The molecule has 0 amide bonds. The van der Waals surface area contributed by atoms with E-state index in [0.29, 0.717) is 12.0 Å². The summed E-state index contributed by atoms with van der Waals surface area (Å²) in [6.45, 7) is 6.59. The average molecular weight is 235 g/mol. The van der Waals surface area contributed by atoms with E-state index < -0.39 is 0 Å². The first-order chi connectivity index (χ1) is 8.01. The van der Waals surface area contributed by atoms with Crippen molar-refractivity contribution < 1.29 is 0 Å². The molecule has 0 saturated heterocycles. The number of hydrogen-bond donors (Lipinski definition) is 1. The van der Waals surface area contributed by atoms with Crippen LogP contribution in [0.1, 0.15) is 58.2 Å². The Morgan fingerprint density at radius 1 is 1.53 bits per heavy atom. The molecule has 1 aliphatic rings. The van der Waals surface area contributed by atoms with Crippen LogP contribution in [0.15, 0.2) is 12.3 Å². The van der Waals surface area contributed by atoms with Crippen LogP contribution in [0.25, 0.3) is 0 Å². The first-order valence-corrected chi connectivity index (χ1v) is 6.84. The summed E-state index contributed by atoms with van der Waals surface area (Å²) >= 11 is 0. The molecule has 1 aliphatic carbocycles. The summed E-state index contributed by atoms with van der Waals surface area (Å²) < 4.78 is 2.02. The molecule has 17 heavy (non-hydrogen) atoms. The van der Waals surface area contributed by atoms with Crippen LogP contribution in [0.3, 0.4) is 0 Å². The van der Waals surface area contributed by atoms with Gasteiger partial charge in [-0.1, -0.05) is 19.8 Å². The fourth-order valence-corrected chi connectivity index (χ4v) is 2.80. The number of nitrogens with zero attached hydrogens (tertiary/aromatic N) is 2. The molecular weight excluding hydrogens is 210 g/mol. The summed E-state index contributed by atoms with van der Waals surface area (Å²) in [7, 11) is 0. The number of aromatic nitrogens is 2. The zero-order chi connectivity index (χ0) is 12.5. The van der Waals surface area contributed by atoms with Crippen molar-refractivity contribution >= 4 is 0 Å². The monoisotopic (exact) mass is 235 g/mol. The fraction of sp³-hybridized carbons (Fsp3) is 0.786. The van der Waals surface area contributed by atoms with Crippen LogP contribution in [0.5, 0.6) is 0 Å². The minimum atomic E-state index is -0.0333.